The van der Waals surface area contributed by atoms with Crippen molar-refractivity contribution in [1.82, 2.24) is 15.2 Å². The van der Waals surface area contributed by atoms with E-state index in [1.165, 1.54) is 4.90 Å². The van der Waals surface area contributed by atoms with Crippen LogP contribution in [0.15, 0.2) is 46.6 Å². The lowest BCUT2D eigenvalue weighted by molar-refractivity contribution is -0.137. The van der Waals surface area contributed by atoms with Gasteiger partial charge in [0.1, 0.15) is 10.3 Å². The van der Waals surface area contributed by atoms with Gasteiger partial charge in [-0.05, 0) is 83.1 Å². The van der Waals surface area contributed by atoms with Gasteiger partial charge in [0.25, 0.3) is 5.91 Å². The first-order chi connectivity index (χ1) is 19.8. The quantitative estimate of drug-likeness (QED) is 0.296. The Balaban J connectivity index is 1.39. The monoisotopic (exact) mass is 601 g/mol. The summed E-state index contributed by atoms with van der Waals surface area (Å²) in [6.07, 6.45) is 2.19. The van der Waals surface area contributed by atoms with Crippen LogP contribution in [0.25, 0.3) is 0 Å². The molecule has 3 saturated heterocycles. The van der Waals surface area contributed by atoms with Gasteiger partial charge in [-0.25, -0.2) is 10.2 Å². The summed E-state index contributed by atoms with van der Waals surface area (Å²) in [7, 11) is -1.81. The fourth-order valence-electron chi connectivity index (χ4n) is 6.17. The Morgan fingerprint density at radius 3 is 2.21 bits per heavy atom. The zero-order valence-corrected chi connectivity index (χ0v) is 25.9. The van der Waals surface area contributed by atoms with Crippen LogP contribution >= 0.6 is 0 Å². The molecule has 0 saturated carbocycles. The van der Waals surface area contributed by atoms with Gasteiger partial charge in [0.05, 0.1) is 16.1 Å². The Morgan fingerprint density at radius 2 is 1.67 bits per heavy atom. The predicted octanol–water partition coefficient (Wildman–Crippen LogP) is 4.00. The van der Waals surface area contributed by atoms with Crippen LogP contribution in [0, 0.1) is 16.7 Å². The molecule has 3 heterocycles. The van der Waals surface area contributed by atoms with Crippen molar-refractivity contribution < 1.29 is 23.3 Å². The lowest BCUT2D eigenvalue weighted by atomic mass is 9.91. The minimum atomic E-state index is -1.81. The molecule has 0 radical (unpaired) electrons. The maximum atomic E-state index is 13.9. The second kappa shape index (κ2) is 12.9. The first-order valence-corrected chi connectivity index (χ1v) is 15.8. The minimum absolute atomic E-state index is 0.00229. The number of nitrogens with zero attached hydrogens (tertiary/aromatic N) is 4. The zero-order chi connectivity index (χ0) is 30.7. The summed E-state index contributed by atoms with van der Waals surface area (Å²) in [6, 6.07) is 7.25. The second-order valence-corrected chi connectivity index (χ2v) is 14.6. The van der Waals surface area contributed by atoms with E-state index in [9.17, 15) is 23.5 Å². The minimum Gasteiger partial charge on any atom is -0.444 e. The van der Waals surface area contributed by atoms with Gasteiger partial charge in [-0.1, -0.05) is 19.1 Å². The van der Waals surface area contributed by atoms with E-state index in [0.29, 0.717) is 17.4 Å². The lowest BCUT2D eigenvalue weighted by Gasteiger charge is -2.39. The molecular formula is C30H43N5O6S. The Labute approximate surface area is 250 Å². The maximum absolute atomic E-state index is 13.9. The Kier molecular flexibility index (Phi) is 9.74. The summed E-state index contributed by atoms with van der Waals surface area (Å²) >= 11 is 0. The van der Waals surface area contributed by atoms with Gasteiger partial charge in [-0.2, -0.15) is 0 Å². The highest BCUT2D eigenvalue weighted by Gasteiger charge is 2.49. The molecule has 4 rings (SSSR count). The number of hydrogen-bond donors (Lipinski definition) is 1. The molecule has 0 aromatic heterocycles. The van der Waals surface area contributed by atoms with Crippen molar-refractivity contribution in [1.29, 1.82) is 0 Å². The molecule has 1 aromatic rings. The smallest absolute Gasteiger partial charge is 0.410 e. The number of nitroso groups, excluding NO2 is 1. The average Bonchev–Trinajstić information content (AvgIpc) is 2.95. The topological polar surface area (TPSA) is 129 Å². The number of likely N-dealkylation sites (tertiary alicyclic amines) is 2. The van der Waals surface area contributed by atoms with Crippen molar-refractivity contribution in [2.75, 3.05) is 44.2 Å². The average molecular weight is 602 g/mol. The number of amides is 3. The lowest BCUT2D eigenvalue weighted by Crippen LogP contribution is -2.56. The number of anilines is 1. The first-order valence-electron chi connectivity index (χ1n) is 14.7. The molecule has 0 aliphatic carbocycles. The fourth-order valence-corrected chi connectivity index (χ4v) is 7.77. The summed E-state index contributed by atoms with van der Waals surface area (Å²) in [5.41, 5.74) is 3.36. The Hall–Kier alpha value is -3.28. The molecule has 11 nitrogen and oxygen atoms in total. The van der Waals surface area contributed by atoms with Crippen molar-refractivity contribution >= 4 is 34.4 Å². The van der Waals surface area contributed by atoms with E-state index >= 15 is 0 Å². The molecular weight excluding hydrogens is 558 g/mol. The normalized spacial score (nSPS) is 22.3. The number of piperidine rings is 3. The van der Waals surface area contributed by atoms with E-state index < -0.39 is 33.1 Å². The van der Waals surface area contributed by atoms with Crippen molar-refractivity contribution in [2.24, 2.45) is 17.1 Å². The first kappa shape index (κ1) is 31.7. The van der Waals surface area contributed by atoms with Crippen LogP contribution < -0.4 is 10.3 Å². The maximum Gasteiger partial charge on any atom is 0.410 e. The Morgan fingerprint density at radius 1 is 1.05 bits per heavy atom. The van der Waals surface area contributed by atoms with Gasteiger partial charge in [0, 0.05) is 55.8 Å². The number of carbonyl (C=O) groups excluding carboxylic acids is 3. The van der Waals surface area contributed by atoms with Gasteiger partial charge in [0.2, 0.25) is 5.91 Å². The van der Waals surface area contributed by atoms with Gasteiger partial charge < -0.3 is 19.4 Å². The fraction of sp³-hybridized carbons (Fsp3) is 0.633. The highest BCUT2D eigenvalue weighted by atomic mass is 32.2. The van der Waals surface area contributed by atoms with Crippen molar-refractivity contribution in [2.45, 2.75) is 75.0 Å². The van der Waals surface area contributed by atoms with Gasteiger partial charge in [-0.15, -0.1) is 4.91 Å². The van der Waals surface area contributed by atoms with Gasteiger partial charge >= 0.3 is 6.09 Å². The van der Waals surface area contributed by atoms with E-state index in [4.69, 9.17) is 4.74 Å². The van der Waals surface area contributed by atoms with Crippen LogP contribution in [-0.4, -0.2) is 81.5 Å². The van der Waals surface area contributed by atoms with E-state index in [1.54, 1.807) is 32.9 Å². The highest BCUT2D eigenvalue weighted by Crippen LogP contribution is 2.35. The molecule has 230 valence electrons. The summed E-state index contributed by atoms with van der Waals surface area (Å²) < 4.78 is 17.9. The molecule has 3 amide bonds. The van der Waals surface area contributed by atoms with E-state index in [1.807, 2.05) is 22.5 Å². The Bertz CT molecular complexity index is 1210. The number of nitrogens with one attached hydrogen (secondary N) is 1. The zero-order valence-electron chi connectivity index (χ0n) is 25.1. The summed E-state index contributed by atoms with van der Waals surface area (Å²) in [5.74, 6) is -0.0550. The van der Waals surface area contributed by atoms with Crippen LogP contribution in [0.3, 0.4) is 0 Å². The van der Waals surface area contributed by atoms with Crippen molar-refractivity contribution in [3.63, 3.8) is 0 Å². The molecule has 3 aliphatic rings. The number of hydrogen-bond acceptors (Lipinski definition) is 8. The van der Waals surface area contributed by atoms with Crippen molar-refractivity contribution in [3.05, 3.63) is 41.3 Å². The van der Waals surface area contributed by atoms with Crippen LogP contribution in [-0.2, 0) is 25.1 Å². The van der Waals surface area contributed by atoms with Gasteiger partial charge in [-0.3, -0.25) is 13.8 Å². The summed E-state index contributed by atoms with van der Waals surface area (Å²) in [6.45, 7) is 14.8. The van der Waals surface area contributed by atoms with Crippen molar-refractivity contribution in [3.8, 4) is 0 Å². The molecule has 3 aliphatic heterocycles. The molecule has 2 atom stereocenters. The molecule has 0 spiro atoms. The number of carbonyl (C=O) groups is 3. The summed E-state index contributed by atoms with van der Waals surface area (Å²) in [4.78, 5) is 55.7. The highest BCUT2D eigenvalue weighted by molar-refractivity contribution is 7.87. The van der Waals surface area contributed by atoms with Crippen LogP contribution in [0.5, 0.6) is 0 Å². The van der Waals surface area contributed by atoms with E-state index in [-0.39, 0.29) is 37.8 Å². The summed E-state index contributed by atoms with van der Waals surface area (Å²) in [5, 5.41) is 2.54. The third-order valence-corrected chi connectivity index (χ3v) is 10.3. The number of rotatable bonds is 6. The molecule has 12 heteroatoms. The van der Waals surface area contributed by atoms with Crippen LogP contribution in [0.4, 0.5) is 10.5 Å². The molecule has 0 bridgehead atoms. The molecule has 1 N–H and O–H groups in total. The van der Waals surface area contributed by atoms with E-state index in [0.717, 1.165) is 50.2 Å². The largest absolute Gasteiger partial charge is 0.444 e. The third-order valence-electron chi connectivity index (χ3n) is 8.29. The molecule has 3 fully saturated rings. The number of benzene rings is 1. The standard InChI is InChI=1S/C30H43N5O6S/c1-21-18-22(2)20-35(19-21)26(36)23-10-14-33(15-11-23)24-6-8-25(9-7-24)42(40)30(27(37)31-32-39)12-16-34(17-13-30)28(38)41-29(3,4)5/h6-9,22-23H,1,10-20H2,2-5H3,(H,31,37,39)/t22-,42?/m0/s1. The molecule has 42 heavy (non-hydrogen) atoms. The SMILES string of the molecule is C=C1C[C@H](C)CN(C(=O)C2CCN(c3ccc(S(=O)C4(C(=O)NN=O)CCN(C(=O)OC(C)(C)C)CC4)cc3)CC2)C1. The van der Waals surface area contributed by atoms with Crippen LogP contribution in [0.1, 0.15) is 59.8 Å². The number of ether oxygens (including phenoxy) is 1. The molecule has 1 unspecified atom stereocenters. The third kappa shape index (κ3) is 7.19. The van der Waals surface area contributed by atoms with Crippen LogP contribution in [0.2, 0.25) is 0 Å². The van der Waals surface area contributed by atoms with Gasteiger partial charge in [0.15, 0.2) is 0 Å². The second-order valence-electron chi connectivity index (χ2n) is 12.8. The molecule has 1 aromatic carbocycles. The predicted molar refractivity (Wildman–Crippen MR) is 161 cm³/mol. The van der Waals surface area contributed by atoms with E-state index in [2.05, 4.69) is 23.7 Å².